The fraction of sp³-hybridized carbons (Fsp3) is 0.750. The molecule has 0 spiro atoms. The van der Waals surface area contributed by atoms with Gasteiger partial charge in [-0.2, -0.15) is 0 Å². The number of hydrogen-bond donors (Lipinski definition) is 0. The van der Waals surface area contributed by atoms with Crippen molar-refractivity contribution in [3.63, 3.8) is 0 Å². The normalized spacial score (nSPS) is 13.0. The molecule has 6 nitrogen and oxygen atoms in total. The second kappa shape index (κ2) is 22.1. The number of benzene rings is 1. The van der Waals surface area contributed by atoms with Gasteiger partial charge < -0.3 is 14.2 Å². The second-order valence-electron chi connectivity index (χ2n) is 10.4. The molecule has 0 aromatic heterocycles. The highest BCUT2D eigenvalue weighted by Crippen LogP contribution is 2.22. The summed E-state index contributed by atoms with van der Waals surface area (Å²) in [5.41, 5.74) is 0.945. The van der Waals surface area contributed by atoms with Gasteiger partial charge >= 0.3 is 0 Å². The summed E-state index contributed by atoms with van der Waals surface area (Å²) in [6.07, 6.45) is 22.0. The molecule has 2 rings (SSSR count). The van der Waals surface area contributed by atoms with E-state index in [1.807, 2.05) is 0 Å². The quantitative estimate of drug-likeness (QED) is 0.0910. The summed E-state index contributed by atoms with van der Waals surface area (Å²) in [6, 6.07) is 6.91. The van der Waals surface area contributed by atoms with Crippen LogP contribution in [0.15, 0.2) is 24.3 Å². The minimum Gasteiger partial charge on any atom is -0.379 e. The molecule has 1 aliphatic rings. The molecule has 6 heteroatoms. The van der Waals surface area contributed by atoms with E-state index in [0.717, 1.165) is 13.0 Å². The van der Waals surface area contributed by atoms with E-state index >= 15 is 0 Å². The third-order valence-electron chi connectivity index (χ3n) is 7.22. The molecule has 0 bridgehead atoms. The molecule has 2 amide bonds. The van der Waals surface area contributed by atoms with Crippen molar-refractivity contribution in [1.29, 1.82) is 0 Å². The number of carbonyl (C=O) groups excluding carboxylic acids is 2. The van der Waals surface area contributed by atoms with Gasteiger partial charge in [0.2, 0.25) is 0 Å². The third-order valence-corrected chi connectivity index (χ3v) is 7.22. The molecule has 1 aromatic rings. The molecule has 1 heterocycles. The fourth-order valence-corrected chi connectivity index (χ4v) is 4.89. The molecule has 0 fully saturated rings. The van der Waals surface area contributed by atoms with E-state index in [9.17, 15) is 9.59 Å². The summed E-state index contributed by atoms with van der Waals surface area (Å²) in [6.45, 7) is 5.73. The van der Waals surface area contributed by atoms with Crippen LogP contribution in [0.2, 0.25) is 0 Å². The minimum atomic E-state index is -0.244. The van der Waals surface area contributed by atoms with Crippen molar-refractivity contribution in [3.05, 3.63) is 35.4 Å². The second-order valence-corrected chi connectivity index (χ2v) is 10.4. The first-order valence-corrected chi connectivity index (χ1v) is 15.4. The maximum atomic E-state index is 12.3. The predicted octanol–water partition coefficient (Wildman–Crippen LogP) is 7.59. The lowest BCUT2D eigenvalue weighted by Crippen LogP contribution is -2.33. The van der Waals surface area contributed by atoms with E-state index in [2.05, 4.69) is 6.92 Å². The average Bonchev–Trinajstić information content (AvgIpc) is 3.18. The molecule has 1 aliphatic heterocycles. The van der Waals surface area contributed by atoms with Gasteiger partial charge in [0.15, 0.2) is 0 Å². The first kappa shape index (κ1) is 32.5. The van der Waals surface area contributed by atoms with E-state index in [-0.39, 0.29) is 18.4 Å². The molecule has 38 heavy (non-hydrogen) atoms. The Hall–Kier alpha value is -1.76. The van der Waals surface area contributed by atoms with E-state index in [0.29, 0.717) is 44.2 Å². The van der Waals surface area contributed by atoms with E-state index in [1.165, 1.54) is 101 Å². The third kappa shape index (κ3) is 13.9. The molecule has 0 radical (unpaired) electrons. The molecule has 0 saturated heterocycles. The van der Waals surface area contributed by atoms with Crippen molar-refractivity contribution in [2.45, 2.75) is 110 Å². The van der Waals surface area contributed by atoms with Crippen LogP contribution in [0.25, 0.3) is 0 Å². The highest BCUT2D eigenvalue weighted by molar-refractivity contribution is 6.21. The van der Waals surface area contributed by atoms with Crippen molar-refractivity contribution in [2.75, 3.05) is 46.2 Å². The Kier molecular flexibility index (Phi) is 18.9. The number of rotatable bonds is 26. The highest BCUT2D eigenvalue weighted by Gasteiger charge is 2.34. The number of ether oxygens (including phenoxy) is 3. The first-order valence-electron chi connectivity index (χ1n) is 15.4. The minimum absolute atomic E-state index is 0.244. The Morgan fingerprint density at radius 1 is 0.500 bits per heavy atom. The van der Waals surface area contributed by atoms with Crippen LogP contribution in [0, 0.1) is 0 Å². The molecule has 0 aliphatic carbocycles. The van der Waals surface area contributed by atoms with E-state index < -0.39 is 0 Å². The van der Waals surface area contributed by atoms with Gasteiger partial charge in [0.25, 0.3) is 11.8 Å². The Morgan fingerprint density at radius 2 is 0.868 bits per heavy atom. The summed E-state index contributed by atoms with van der Waals surface area (Å²) < 4.78 is 16.7. The molecule has 0 saturated carbocycles. The van der Waals surface area contributed by atoms with Crippen LogP contribution < -0.4 is 0 Å². The summed E-state index contributed by atoms with van der Waals surface area (Å²) in [7, 11) is 0. The Morgan fingerprint density at radius 3 is 1.32 bits per heavy atom. The van der Waals surface area contributed by atoms with Gasteiger partial charge in [-0.15, -0.1) is 0 Å². The molecule has 0 N–H and O–H groups in total. The molecular formula is C32H53NO5. The van der Waals surface area contributed by atoms with Crippen molar-refractivity contribution >= 4 is 11.8 Å². The lowest BCUT2D eigenvalue weighted by Gasteiger charge is -2.13. The zero-order valence-electron chi connectivity index (χ0n) is 24.1. The highest BCUT2D eigenvalue weighted by atomic mass is 16.5. The monoisotopic (exact) mass is 531 g/mol. The number of unbranched alkanes of at least 4 members (excludes halogenated alkanes) is 15. The van der Waals surface area contributed by atoms with Gasteiger partial charge in [-0.3, -0.25) is 14.5 Å². The van der Waals surface area contributed by atoms with Gasteiger partial charge in [-0.1, -0.05) is 115 Å². The zero-order chi connectivity index (χ0) is 27.1. The summed E-state index contributed by atoms with van der Waals surface area (Å²) >= 11 is 0. The van der Waals surface area contributed by atoms with Crippen molar-refractivity contribution < 1.29 is 23.8 Å². The molecule has 0 atom stereocenters. The van der Waals surface area contributed by atoms with Crippen LogP contribution in [0.4, 0.5) is 0 Å². The van der Waals surface area contributed by atoms with Gasteiger partial charge in [-0.05, 0) is 18.6 Å². The van der Waals surface area contributed by atoms with E-state index in [4.69, 9.17) is 14.2 Å². The molecule has 0 unspecified atom stereocenters. The number of imide groups is 1. The smallest absolute Gasteiger partial charge is 0.261 e. The fourth-order valence-electron chi connectivity index (χ4n) is 4.89. The Balaban J connectivity index is 1.24. The predicted molar refractivity (Wildman–Crippen MR) is 154 cm³/mol. The Bertz CT molecular complexity index is 718. The van der Waals surface area contributed by atoms with Gasteiger partial charge in [-0.25, -0.2) is 0 Å². The van der Waals surface area contributed by atoms with Crippen LogP contribution >= 0.6 is 0 Å². The Labute approximate surface area is 231 Å². The first-order chi connectivity index (χ1) is 18.8. The van der Waals surface area contributed by atoms with Crippen molar-refractivity contribution in [3.8, 4) is 0 Å². The lowest BCUT2D eigenvalue weighted by molar-refractivity contribution is 0.0106. The number of fused-ring (bicyclic) bond motifs is 1. The largest absolute Gasteiger partial charge is 0.379 e. The van der Waals surface area contributed by atoms with Gasteiger partial charge in [0.1, 0.15) is 0 Å². The summed E-state index contributed by atoms with van der Waals surface area (Å²) in [4.78, 5) is 25.8. The van der Waals surface area contributed by atoms with Crippen LogP contribution in [0.1, 0.15) is 130 Å². The topological polar surface area (TPSA) is 65.1 Å². The maximum absolute atomic E-state index is 12.3. The van der Waals surface area contributed by atoms with Crippen LogP contribution in [-0.2, 0) is 14.2 Å². The number of hydrogen-bond acceptors (Lipinski definition) is 5. The number of amides is 2. The van der Waals surface area contributed by atoms with E-state index in [1.54, 1.807) is 24.3 Å². The maximum Gasteiger partial charge on any atom is 0.261 e. The number of nitrogens with zero attached hydrogens (tertiary/aromatic N) is 1. The SMILES string of the molecule is CCCCCCCCCCCCCCCCCCOCCOCCOCCN1C(=O)c2ccccc2C1=O. The van der Waals surface area contributed by atoms with Crippen LogP contribution in [0.3, 0.4) is 0 Å². The average molecular weight is 532 g/mol. The molecular weight excluding hydrogens is 478 g/mol. The standard InChI is InChI=1S/C32H53NO5/c1-2-3-4-5-6-7-8-9-10-11-12-13-14-15-16-19-23-36-25-27-38-28-26-37-24-22-33-31(34)29-20-17-18-21-30(29)32(33)35/h17-18,20-21H,2-16,19,22-28H2,1H3. The summed E-state index contributed by atoms with van der Waals surface area (Å²) in [5.74, 6) is -0.487. The van der Waals surface area contributed by atoms with Gasteiger partial charge in [0, 0.05) is 6.61 Å². The molecule has 216 valence electrons. The van der Waals surface area contributed by atoms with Crippen molar-refractivity contribution in [2.24, 2.45) is 0 Å². The molecule has 1 aromatic carbocycles. The van der Waals surface area contributed by atoms with Gasteiger partial charge in [0.05, 0.1) is 50.7 Å². The van der Waals surface area contributed by atoms with Crippen molar-refractivity contribution in [1.82, 2.24) is 4.90 Å². The zero-order valence-corrected chi connectivity index (χ0v) is 24.1. The van der Waals surface area contributed by atoms with Crippen LogP contribution in [0.5, 0.6) is 0 Å². The van der Waals surface area contributed by atoms with Crippen LogP contribution in [-0.4, -0.2) is 62.9 Å². The lowest BCUT2D eigenvalue weighted by atomic mass is 10.0. The number of carbonyl (C=O) groups is 2. The summed E-state index contributed by atoms with van der Waals surface area (Å²) in [5, 5.41) is 0.